The average Bonchev–Trinajstić information content (AvgIpc) is 3.28. The summed E-state index contributed by atoms with van der Waals surface area (Å²) in [4.78, 5) is 26.6. The topological polar surface area (TPSA) is 84.3 Å². The maximum Gasteiger partial charge on any atom is 0.306 e. The van der Waals surface area contributed by atoms with E-state index in [1.165, 1.54) is 0 Å². The molecule has 0 atom stereocenters. The van der Waals surface area contributed by atoms with Crippen molar-refractivity contribution in [3.8, 4) is 0 Å². The number of benzene rings is 1. The fourth-order valence-electron chi connectivity index (χ4n) is 2.62. The third-order valence-corrected chi connectivity index (χ3v) is 3.91. The van der Waals surface area contributed by atoms with Crippen molar-refractivity contribution in [2.45, 2.75) is 19.3 Å². The van der Waals surface area contributed by atoms with Gasteiger partial charge in [0.2, 0.25) is 0 Å². The van der Waals surface area contributed by atoms with Gasteiger partial charge in [0.25, 0.3) is 5.91 Å². The quantitative estimate of drug-likeness (QED) is 0.617. The minimum atomic E-state index is -0.414. The van der Waals surface area contributed by atoms with E-state index in [4.69, 9.17) is 9.15 Å². The van der Waals surface area contributed by atoms with Gasteiger partial charge in [-0.05, 0) is 30.2 Å². The highest BCUT2D eigenvalue weighted by atomic mass is 16.5. The second-order valence-corrected chi connectivity index (χ2v) is 5.70. The van der Waals surface area contributed by atoms with Gasteiger partial charge in [0.1, 0.15) is 5.76 Å². The Hall–Kier alpha value is -3.02. The van der Waals surface area contributed by atoms with Crippen LogP contribution in [0.3, 0.4) is 0 Å². The van der Waals surface area contributed by atoms with Crippen molar-refractivity contribution < 1.29 is 18.7 Å². The highest BCUT2D eigenvalue weighted by Gasteiger charge is 2.09. The van der Waals surface area contributed by atoms with Crippen LogP contribution in [0.2, 0.25) is 0 Å². The number of carbonyl (C=O) groups excluding carboxylic acids is 2. The molecule has 0 radical (unpaired) electrons. The predicted octanol–water partition coefficient (Wildman–Crippen LogP) is 2.60. The van der Waals surface area contributed by atoms with E-state index >= 15 is 0 Å². The van der Waals surface area contributed by atoms with E-state index in [0.29, 0.717) is 19.4 Å². The summed E-state index contributed by atoms with van der Waals surface area (Å²) in [6.45, 7) is 0.232. The molecule has 0 aliphatic heterocycles. The van der Waals surface area contributed by atoms with Crippen LogP contribution in [0.1, 0.15) is 17.7 Å². The molecule has 0 spiro atoms. The monoisotopic (exact) mass is 340 g/mol. The first kappa shape index (κ1) is 16.8. The molecule has 3 rings (SSSR count). The number of hydrogen-bond donors (Lipinski definition) is 2. The SMILES string of the molecule is O=C(COC(=O)CCc1ccco1)NCCc1c[nH]c2ccccc12. The lowest BCUT2D eigenvalue weighted by Gasteiger charge is -2.06. The molecule has 6 nitrogen and oxygen atoms in total. The van der Waals surface area contributed by atoms with Gasteiger partial charge in [-0.15, -0.1) is 0 Å². The maximum absolute atomic E-state index is 11.8. The zero-order chi connectivity index (χ0) is 17.5. The molecule has 3 aromatic rings. The number of aromatic nitrogens is 1. The predicted molar refractivity (Wildman–Crippen MR) is 93.0 cm³/mol. The van der Waals surface area contributed by atoms with Crippen LogP contribution < -0.4 is 5.32 Å². The number of aromatic amines is 1. The van der Waals surface area contributed by atoms with Gasteiger partial charge in [-0.25, -0.2) is 0 Å². The summed E-state index contributed by atoms with van der Waals surface area (Å²) in [5, 5.41) is 3.92. The van der Waals surface area contributed by atoms with Crippen molar-refractivity contribution in [3.05, 3.63) is 60.2 Å². The molecule has 0 saturated heterocycles. The van der Waals surface area contributed by atoms with Gasteiger partial charge in [-0.1, -0.05) is 18.2 Å². The number of carbonyl (C=O) groups is 2. The number of nitrogens with one attached hydrogen (secondary N) is 2. The van der Waals surface area contributed by atoms with E-state index in [-0.39, 0.29) is 18.9 Å². The largest absolute Gasteiger partial charge is 0.469 e. The molecule has 1 aromatic carbocycles. The fraction of sp³-hybridized carbons (Fsp3) is 0.263. The number of furan rings is 1. The number of amides is 1. The minimum Gasteiger partial charge on any atom is -0.469 e. The normalized spacial score (nSPS) is 10.7. The van der Waals surface area contributed by atoms with Crippen LogP contribution in [0.15, 0.2) is 53.3 Å². The molecular formula is C19H20N2O4. The number of aryl methyl sites for hydroxylation is 1. The van der Waals surface area contributed by atoms with Crippen LogP contribution in [0.4, 0.5) is 0 Å². The van der Waals surface area contributed by atoms with Gasteiger partial charge in [0, 0.05) is 30.1 Å². The molecule has 1 amide bonds. The summed E-state index contributed by atoms with van der Waals surface area (Å²) >= 11 is 0. The Morgan fingerprint density at radius 2 is 2.00 bits per heavy atom. The molecule has 6 heteroatoms. The zero-order valence-electron chi connectivity index (χ0n) is 13.8. The van der Waals surface area contributed by atoms with Crippen LogP contribution in [0.5, 0.6) is 0 Å². The maximum atomic E-state index is 11.8. The van der Waals surface area contributed by atoms with E-state index in [1.807, 2.05) is 30.5 Å². The van der Waals surface area contributed by atoms with Gasteiger partial charge in [0.15, 0.2) is 6.61 Å². The summed E-state index contributed by atoms with van der Waals surface area (Å²) < 4.78 is 10.1. The molecule has 0 unspecified atom stereocenters. The molecular weight excluding hydrogens is 320 g/mol. The van der Waals surface area contributed by atoms with Crippen molar-refractivity contribution in [1.82, 2.24) is 10.3 Å². The van der Waals surface area contributed by atoms with Gasteiger partial charge < -0.3 is 19.5 Å². The fourth-order valence-corrected chi connectivity index (χ4v) is 2.62. The van der Waals surface area contributed by atoms with Crippen molar-refractivity contribution in [1.29, 1.82) is 0 Å². The van der Waals surface area contributed by atoms with Crippen LogP contribution >= 0.6 is 0 Å². The highest BCUT2D eigenvalue weighted by molar-refractivity contribution is 5.83. The molecule has 0 aliphatic rings. The second kappa shape index (κ2) is 8.19. The third kappa shape index (κ3) is 4.73. The first-order chi connectivity index (χ1) is 12.2. The van der Waals surface area contributed by atoms with Gasteiger partial charge >= 0.3 is 5.97 Å². The van der Waals surface area contributed by atoms with Crippen LogP contribution in [0, 0.1) is 0 Å². The first-order valence-corrected chi connectivity index (χ1v) is 8.22. The number of fused-ring (bicyclic) bond motifs is 1. The Morgan fingerprint density at radius 3 is 2.84 bits per heavy atom. The third-order valence-electron chi connectivity index (χ3n) is 3.91. The summed E-state index contributed by atoms with van der Waals surface area (Å²) in [5.41, 5.74) is 2.22. The Balaban J connectivity index is 1.34. The van der Waals surface area contributed by atoms with Crippen molar-refractivity contribution in [2.24, 2.45) is 0 Å². The summed E-state index contributed by atoms with van der Waals surface area (Å²) in [6, 6.07) is 11.6. The molecule has 2 aromatic heterocycles. The van der Waals surface area contributed by atoms with Crippen molar-refractivity contribution >= 4 is 22.8 Å². The molecule has 130 valence electrons. The minimum absolute atomic E-state index is 0.191. The number of hydrogen-bond acceptors (Lipinski definition) is 4. The number of H-pyrrole nitrogens is 1. The number of esters is 1. The Bertz CT molecular complexity index is 836. The standard InChI is InChI=1S/C19H20N2O4/c22-18(13-25-19(23)8-7-15-4-3-11-24-15)20-10-9-14-12-21-17-6-2-1-5-16(14)17/h1-6,11-12,21H,7-10,13H2,(H,20,22). The number of ether oxygens (including phenoxy) is 1. The van der Waals surface area contributed by atoms with Gasteiger partial charge in [-0.3, -0.25) is 9.59 Å². The Labute approximate surface area is 145 Å². The molecule has 0 fully saturated rings. The summed E-state index contributed by atoms with van der Waals surface area (Å²) in [6.07, 6.45) is 4.87. The molecule has 0 saturated carbocycles. The van der Waals surface area contributed by atoms with E-state index in [9.17, 15) is 9.59 Å². The van der Waals surface area contributed by atoms with Gasteiger partial charge in [0.05, 0.1) is 12.7 Å². The van der Waals surface area contributed by atoms with Crippen molar-refractivity contribution in [3.63, 3.8) is 0 Å². The Kier molecular flexibility index (Phi) is 5.51. The Morgan fingerprint density at radius 1 is 1.12 bits per heavy atom. The van der Waals surface area contributed by atoms with E-state index in [0.717, 1.165) is 22.2 Å². The number of para-hydroxylation sites is 1. The lowest BCUT2D eigenvalue weighted by molar-refractivity contribution is -0.148. The molecule has 2 heterocycles. The highest BCUT2D eigenvalue weighted by Crippen LogP contribution is 2.17. The second-order valence-electron chi connectivity index (χ2n) is 5.70. The number of rotatable bonds is 8. The van der Waals surface area contributed by atoms with Gasteiger partial charge in [-0.2, -0.15) is 0 Å². The first-order valence-electron chi connectivity index (χ1n) is 8.22. The molecule has 25 heavy (non-hydrogen) atoms. The van der Waals surface area contributed by atoms with Crippen LogP contribution in [0.25, 0.3) is 10.9 Å². The summed E-state index contributed by atoms with van der Waals surface area (Å²) in [5.74, 6) is 0.00880. The summed E-state index contributed by atoms with van der Waals surface area (Å²) in [7, 11) is 0. The molecule has 2 N–H and O–H groups in total. The average molecular weight is 340 g/mol. The zero-order valence-corrected chi connectivity index (χ0v) is 13.8. The lowest BCUT2D eigenvalue weighted by Crippen LogP contribution is -2.30. The lowest BCUT2D eigenvalue weighted by atomic mass is 10.1. The van der Waals surface area contributed by atoms with E-state index in [2.05, 4.69) is 10.3 Å². The molecule has 0 bridgehead atoms. The van der Waals surface area contributed by atoms with E-state index in [1.54, 1.807) is 18.4 Å². The smallest absolute Gasteiger partial charge is 0.306 e. The van der Waals surface area contributed by atoms with Crippen LogP contribution in [-0.4, -0.2) is 30.0 Å². The van der Waals surface area contributed by atoms with E-state index < -0.39 is 5.97 Å². The van der Waals surface area contributed by atoms with Crippen LogP contribution in [-0.2, 0) is 27.2 Å². The van der Waals surface area contributed by atoms with Crippen molar-refractivity contribution in [2.75, 3.05) is 13.2 Å². The molecule has 0 aliphatic carbocycles.